The Hall–Kier alpha value is -3.93. The molecule has 0 aromatic heterocycles. The van der Waals surface area contributed by atoms with Gasteiger partial charge in [0.15, 0.2) is 12.4 Å². The lowest BCUT2D eigenvalue weighted by Crippen LogP contribution is -2.30. The van der Waals surface area contributed by atoms with Gasteiger partial charge in [-0.2, -0.15) is 0 Å². The Balaban J connectivity index is 1.58. The summed E-state index contributed by atoms with van der Waals surface area (Å²) in [6, 6.07) is 22.7. The fourth-order valence-electron chi connectivity index (χ4n) is 2.80. The Morgan fingerprint density at radius 3 is 2.27 bits per heavy atom. The van der Waals surface area contributed by atoms with Gasteiger partial charge in [0.2, 0.25) is 0 Å². The smallest absolute Gasteiger partial charge is 0.262 e. The van der Waals surface area contributed by atoms with Crippen molar-refractivity contribution >= 4 is 23.3 Å². The number of nitrogens with one attached hydrogen (secondary N) is 2. The fraction of sp³-hybridized carbons (Fsp3) is 0.125. The Morgan fingerprint density at radius 2 is 1.50 bits per heavy atom. The van der Waals surface area contributed by atoms with Crippen LogP contribution >= 0.6 is 0 Å². The predicted octanol–water partition coefficient (Wildman–Crippen LogP) is 3.63. The molecule has 2 amide bonds. The van der Waals surface area contributed by atoms with E-state index in [2.05, 4.69) is 10.6 Å². The molecule has 152 valence electrons. The molecule has 6 nitrogen and oxygen atoms in total. The molecule has 3 rings (SSSR count). The third-order valence-electron chi connectivity index (χ3n) is 4.41. The number of carbonyl (C=O) groups is 3. The van der Waals surface area contributed by atoms with E-state index in [1.54, 1.807) is 54.6 Å². The number of amides is 2. The maximum atomic E-state index is 12.5. The molecular weight excluding hydrogens is 380 g/mol. The molecule has 0 saturated heterocycles. The Kier molecular flexibility index (Phi) is 6.95. The molecule has 6 heteroatoms. The number of anilines is 1. The second-order valence-electron chi connectivity index (χ2n) is 6.62. The first-order chi connectivity index (χ1) is 14.5. The highest BCUT2D eigenvalue weighted by Crippen LogP contribution is 2.18. The molecule has 0 aliphatic heterocycles. The van der Waals surface area contributed by atoms with Crippen molar-refractivity contribution in [1.82, 2.24) is 5.32 Å². The van der Waals surface area contributed by atoms with Gasteiger partial charge in [0.25, 0.3) is 11.8 Å². The monoisotopic (exact) mass is 402 g/mol. The van der Waals surface area contributed by atoms with E-state index in [1.807, 2.05) is 31.2 Å². The molecule has 0 unspecified atom stereocenters. The standard InChI is InChI=1S/C24H22N2O4/c1-17-9-5-7-13-20(17)26-23(28)16-30-22-14-8-6-12-19(22)24(29)25-15-21(27)18-10-3-2-4-11-18/h2-14H,15-16H2,1H3,(H,25,29)(H,26,28). The quantitative estimate of drug-likeness (QED) is 0.564. The van der Waals surface area contributed by atoms with Crippen molar-refractivity contribution in [2.75, 3.05) is 18.5 Å². The van der Waals surface area contributed by atoms with Gasteiger partial charge in [-0.05, 0) is 30.7 Å². The number of carbonyl (C=O) groups excluding carboxylic acids is 3. The molecule has 0 bridgehead atoms. The average Bonchev–Trinajstić information content (AvgIpc) is 2.78. The lowest BCUT2D eigenvalue weighted by molar-refractivity contribution is -0.118. The SMILES string of the molecule is Cc1ccccc1NC(=O)COc1ccccc1C(=O)NCC(=O)c1ccccc1. The van der Waals surface area contributed by atoms with E-state index in [1.165, 1.54) is 0 Å². The minimum atomic E-state index is -0.450. The summed E-state index contributed by atoms with van der Waals surface area (Å²) in [6.45, 7) is 1.51. The first kappa shape index (κ1) is 20.8. The van der Waals surface area contributed by atoms with Crippen molar-refractivity contribution in [2.45, 2.75) is 6.92 Å². The number of Topliss-reactive ketones (excluding diaryl/α,β-unsaturated/α-hetero) is 1. The summed E-state index contributed by atoms with van der Waals surface area (Å²) in [5, 5.41) is 5.38. The molecule has 0 heterocycles. The molecule has 0 aliphatic rings. The van der Waals surface area contributed by atoms with Crippen LogP contribution in [0.1, 0.15) is 26.3 Å². The molecule has 30 heavy (non-hydrogen) atoms. The number of hydrogen-bond donors (Lipinski definition) is 2. The first-order valence-corrected chi connectivity index (χ1v) is 9.48. The summed E-state index contributed by atoms with van der Waals surface area (Å²) in [5.41, 5.74) is 2.42. The van der Waals surface area contributed by atoms with Crippen molar-refractivity contribution in [3.05, 3.63) is 95.6 Å². The lowest BCUT2D eigenvalue weighted by atomic mass is 10.1. The zero-order chi connectivity index (χ0) is 21.3. The minimum Gasteiger partial charge on any atom is -0.483 e. The van der Waals surface area contributed by atoms with Gasteiger partial charge in [0.1, 0.15) is 5.75 Å². The Bertz CT molecular complexity index is 1050. The predicted molar refractivity (Wildman–Crippen MR) is 115 cm³/mol. The molecule has 0 saturated carbocycles. The minimum absolute atomic E-state index is 0.134. The van der Waals surface area contributed by atoms with Crippen LogP contribution in [0, 0.1) is 6.92 Å². The first-order valence-electron chi connectivity index (χ1n) is 9.48. The summed E-state index contributed by atoms with van der Waals surface area (Å²) in [7, 11) is 0. The average molecular weight is 402 g/mol. The molecule has 0 aliphatic carbocycles. The van der Waals surface area contributed by atoms with Gasteiger partial charge in [-0.15, -0.1) is 0 Å². The van der Waals surface area contributed by atoms with E-state index in [0.717, 1.165) is 5.56 Å². The molecule has 0 spiro atoms. The van der Waals surface area contributed by atoms with Gasteiger partial charge in [-0.1, -0.05) is 60.7 Å². The highest BCUT2D eigenvalue weighted by atomic mass is 16.5. The third-order valence-corrected chi connectivity index (χ3v) is 4.41. The summed E-state index contributed by atoms with van der Waals surface area (Å²) in [5.74, 6) is -0.713. The molecular formula is C24H22N2O4. The molecule has 0 radical (unpaired) electrons. The van der Waals surface area contributed by atoms with Gasteiger partial charge in [-0.25, -0.2) is 0 Å². The van der Waals surface area contributed by atoms with Crippen LogP contribution in [0.5, 0.6) is 5.75 Å². The maximum absolute atomic E-state index is 12.5. The zero-order valence-corrected chi connectivity index (χ0v) is 16.6. The molecule has 3 aromatic rings. The topological polar surface area (TPSA) is 84.5 Å². The van der Waals surface area contributed by atoms with Gasteiger partial charge in [0, 0.05) is 11.3 Å². The number of para-hydroxylation sites is 2. The van der Waals surface area contributed by atoms with E-state index < -0.39 is 5.91 Å². The molecule has 0 atom stereocenters. The highest BCUT2D eigenvalue weighted by Gasteiger charge is 2.15. The van der Waals surface area contributed by atoms with Crippen LogP contribution in [0.25, 0.3) is 0 Å². The number of benzene rings is 3. The van der Waals surface area contributed by atoms with E-state index in [-0.39, 0.29) is 36.2 Å². The fourth-order valence-corrected chi connectivity index (χ4v) is 2.80. The maximum Gasteiger partial charge on any atom is 0.262 e. The Labute approximate surface area is 174 Å². The van der Waals surface area contributed by atoms with E-state index >= 15 is 0 Å². The summed E-state index contributed by atoms with van der Waals surface area (Å²) in [4.78, 5) is 36.9. The van der Waals surface area contributed by atoms with Crippen LogP contribution in [-0.2, 0) is 4.79 Å². The summed E-state index contributed by atoms with van der Waals surface area (Å²) < 4.78 is 5.57. The molecule has 2 N–H and O–H groups in total. The van der Waals surface area contributed by atoms with Crippen molar-refractivity contribution in [3.63, 3.8) is 0 Å². The summed E-state index contributed by atoms with van der Waals surface area (Å²) in [6.07, 6.45) is 0. The zero-order valence-electron chi connectivity index (χ0n) is 16.6. The number of ketones is 1. The van der Waals surface area contributed by atoms with E-state index in [0.29, 0.717) is 11.3 Å². The van der Waals surface area contributed by atoms with Gasteiger partial charge in [0.05, 0.1) is 12.1 Å². The normalized spacial score (nSPS) is 10.2. The van der Waals surface area contributed by atoms with Gasteiger partial charge < -0.3 is 15.4 Å². The van der Waals surface area contributed by atoms with Crippen molar-refractivity contribution < 1.29 is 19.1 Å². The highest BCUT2D eigenvalue weighted by molar-refractivity contribution is 6.03. The number of aryl methyl sites for hydroxylation is 1. The van der Waals surface area contributed by atoms with Crippen LogP contribution in [0.15, 0.2) is 78.9 Å². The van der Waals surface area contributed by atoms with Crippen LogP contribution in [0.3, 0.4) is 0 Å². The van der Waals surface area contributed by atoms with Crippen molar-refractivity contribution in [1.29, 1.82) is 0 Å². The van der Waals surface area contributed by atoms with Crippen LogP contribution in [0.2, 0.25) is 0 Å². The largest absolute Gasteiger partial charge is 0.483 e. The van der Waals surface area contributed by atoms with Crippen molar-refractivity contribution in [3.8, 4) is 5.75 Å². The molecule has 3 aromatic carbocycles. The van der Waals surface area contributed by atoms with Crippen LogP contribution < -0.4 is 15.4 Å². The van der Waals surface area contributed by atoms with E-state index in [4.69, 9.17) is 4.74 Å². The van der Waals surface area contributed by atoms with Crippen molar-refractivity contribution in [2.24, 2.45) is 0 Å². The second kappa shape index (κ2) is 10.0. The van der Waals surface area contributed by atoms with E-state index in [9.17, 15) is 14.4 Å². The number of ether oxygens (including phenoxy) is 1. The van der Waals surface area contributed by atoms with Crippen LogP contribution in [-0.4, -0.2) is 30.7 Å². The lowest BCUT2D eigenvalue weighted by Gasteiger charge is -2.12. The Morgan fingerprint density at radius 1 is 0.833 bits per heavy atom. The second-order valence-corrected chi connectivity index (χ2v) is 6.62. The number of hydrogen-bond acceptors (Lipinski definition) is 4. The van der Waals surface area contributed by atoms with Crippen LogP contribution in [0.4, 0.5) is 5.69 Å². The van der Waals surface area contributed by atoms with Gasteiger partial charge in [-0.3, -0.25) is 14.4 Å². The van der Waals surface area contributed by atoms with Gasteiger partial charge >= 0.3 is 0 Å². The summed E-state index contributed by atoms with van der Waals surface area (Å²) >= 11 is 0. The molecule has 0 fully saturated rings. The number of rotatable bonds is 8. The third kappa shape index (κ3) is 5.54.